The molecule has 1 aliphatic rings. The summed E-state index contributed by atoms with van der Waals surface area (Å²) in [5.74, 6) is -0.150. The van der Waals surface area contributed by atoms with Crippen molar-refractivity contribution in [3.05, 3.63) is 65.2 Å². The lowest BCUT2D eigenvalue weighted by Crippen LogP contribution is -2.39. The van der Waals surface area contributed by atoms with Gasteiger partial charge in [-0.3, -0.25) is 10.1 Å². The summed E-state index contributed by atoms with van der Waals surface area (Å²) in [4.78, 5) is 12.5. The quantitative estimate of drug-likeness (QED) is 0.641. The Balaban J connectivity index is 1.40. The van der Waals surface area contributed by atoms with Crippen molar-refractivity contribution >= 4 is 34.0 Å². The molecule has 1 amide bonds. The second-order valence-corrected chi connectivity index (χ2v) is 7.30. The molecule has 3 N–H and O–H groups in total. The van der Waals surface area contributed by atoms with E-state index in [-0.39, 0.29) is 18.0 Å². The number of aromatic nitrogens is 2. The second kappa shape index (κ2) is 7.51. The number of carbonyl (C=O) groups is 1. The van der Waals surface area contributed by atoms with Gasteiger partial charge >= 0.3 is 0 Å². The zero-order valence-corrected chi connectivity index (χ0v) is 15.2. The Kier molecular flexibility index (Phi) is 4.94. The van der Waals surface area contributed by atoms with Crippen LogP contribution < -0.4 is 16.2 Å². The van der Waals surface area contributed by atoms with E-state index in [0.717, 1.165) is 16.1 Å². The maximum absolute atomic E-state index is 12.5. The number of rotatable bonds is 4. The number of hydrogen-bond acceptors (Lipinski definition) is 6. The van der Waals surface area contributed by atoms with E-state index < -0.39 is 0 Å². The van der Waals surface area contributed by atoms with Crippen LogP contribution in [0.4, 0.5) is 5.13 Å². The standard InChI is InChI=1S/C18H16ClN5OS/c19-13-9-5-4-8-12(13)14-10-15(22-21-14)16(25)20-18-24-23-17(26-18)11-6-2-1-3-7-11/h1-9,14-15,21-22H,10H2,(H,20,24,25). The summed E-state index contributed by atoms with van der Waals surface area (Å²) in [7, 11) is 0. The van der Waals surface area contributed by atoms with Crippen molar-refractivity contribution in [2.45, 2.75) is 18.5 Å². The molecule has 132 valence electrons. The lowest BCUT2D eigenvalue weighted by molar-refractivity contribution is -0.117. The molecular weight excluding hydrogens is 370 g/mol. The molecule has 0 aliphatic carbocycles. The molecule has 2 heterocycles. The SMILES string of the molecule is O=C(Nc1nnc(-c2ccccc2)s1)C1CC(c2ccccc2Cl)NN1. The lowest BCUT2D eigenvalue weighted by Gasteiger charge is -2.11. The van der Waals surface area contributed by atoms with Crippen molar-refractivity contribution < 1.29 is 4.79 Å². The predicted molar refractivity (Wildman–Crippen MR) is 103 cm³/mol. The minimum absolute atomic E-state index is 0.0197. The Morgan fingerprint density at radius 1 is 1.08 bits per heavy atom. The third-order valence-electron chi connectivity index (χ3n) is 4.18. The van der Waals surface area contributed by atoms with Crippen molar-refractivity contribution in [3.8, 4) is 10.6 Å². The molecule has 0 radical (unpaired) electrons. The molecule has 3 aromatic rings. The van der Waals surface area contributed by atoms with Gasteiger partial charge in [-0.25, -0.2) is 10.9 Å². The number of nitrogens with zero attached hydrogens (tertiary/aromatic N) is 2. The van der Waals surface area contributed by atoms with Crippen LogP contribution in [0, 0.1) is 0 Å². The van der Waals surface area contributed by atoms with Gasteiger partial charge in [0.15, 0.2) is 0 Å². The monoisotopic (exact) mass is 385 g/mol. The number of amides is 1. The molecule has 0 saturated carbocycles. The van der Waals surface area contributed by atoms with Crippen LogP contribution >= 0.6 is 22.9 Å². The van der Waals surface area contributed by atoms with Gasteiger partial charge in [-0.05, 0) is 18.1 Å². The number of anilines is 1. The zero-order chi connectivity index (χ0) is 17.9. The van der Waals surface area contributed by atoms with E-state index in [1.165, 1.54) is 11.3 Å². The highest BCUT2D eigenvalue weighted by Crippen LogP contribution is 2.29. The molecule has 0 bridgehead atoms. The fourth-order valence-corrected chi connectivity index (χ4v) is 3.87. The molecule has 0 spiro atoms. The summed E-state index contributed by atoms with van der Waals surface area (Å²) in [5.41, 5.74) is 8.11. The highest BCUT2D eigenvalue weighted by Gasteiger charge is 2.31. The predicted octanol–water partition coefficient (Wildman–Crippen LogP) is 3.40. The Hall–Kier alpha value is -2.32. The van der Waals surface area contributed by atoms with Gasteiger partial charge in [0.2, 0.25) is 11.0 Å². The second-order valence-electron chi connectivity index (χ2n) is 5.92. The largest absolute Gasteiger partial charge is 0.299 e. The van der Waals surface area contributed by atoms with Crippen LogP contribution in [0.15, 0.2) is 54.6 Å². The van der Waals surface area contributed by atoms with Crippen LogP contribution in [-0.2, 0) is 4.79 Å². The smallest absolute Gasteiger partial charge is 0.244 e. The fourth-order valence-electron chi connectivity index (χ4n) is 2.85. The van der Waals surface area contributed by atoms with Crippen molar-refractivity contribution in [1.29, 1.82) is 0 Å². The third kappa shape index (κ3) is 3.61. The van der Waals surface area contributed by atoms with E-state index in [1.54, 1.807) is 0 Å². The summed E-state index contributed by atoms with van der Waals surface area (Å²) in [6.45, 7) is 0. The molecule has 2 unspecified atom stereocenters. The number of hydrazine groups is 1. The van der Waals surface area contributed by atoms with E-state index in [9.17, 15) is 4.79 Å². The van der Waals surface area contributed by atoms with Crippen LogP contribution in [0.2, 0.25) is 5.02 Å². The first-order valence-corrected chi connectivity index (χ1v) is 9.35. The van der Waals surface area contributed by atoms with Crippen LogP contribution in [0.25, 0.3) is 10.6 Å². The molecule has 2 aromatic carbocycles. The molecule has 2 atom stereocenters. The molecule has 1 aliphatic heterocycles. The van der Waals surface area contributed by atoms with Crippen LogP contribution in [0.1, 0.15) is 18.0 Å². The summed E-state index contributed by atoms with van der Waals surface area (Å²) in [6.07, 6.45) is 0.597. The van der Waals surface area contributed by atoms with Crippen LogP contribution in [0.5, 0.6) is 0 Å². The molecule has 1 fully saturated rings. The van der Waals surface area contributed by atoms with Gasteiger partial charge < -0.3 is 0 Å². The van der Waals surface area contributed by atoms with Gasteiger partial charge in [0.1, 0.15) is 11.0 Å². The first-order valence-electron chi connectivity index (χ1n) is 8.16. The molecule has 26 heavy (non-hydrogen) atoms. The van der Waals surface area contributed by atoms with Crippen LogP contribution in [-0.4, -0.2) is 22.1 Å². The maximum Gasteiger partial charge on any atom is 0.244 e. The van der Waals surface area contributed by atoms with Crippen molar-refractivity contribution in [2.24, 2.45) is 0 Å². The minimum Gasteiger partial charge on any atom is -0.299 e. The van der Waals surface area contributed by atoms with E-state index in [4.69, 9.17) is 11.6 Å². The van der Waals surface area contributed by atoms with Crippen molar-refractivity contribution in [1.82, 2.24) is 21.0 Å². The number of carbonyl (C=O) groups excluding carboxylic acids is 1. The van der Waals surface area contributed by atoms with Gasteiger partial charge in [0.05, 0.1) is 0 Å². The average Bonchev–Trinajstić information content (AvgIpc) is 3.33. The normalized spacial score (nSPS) is 19.4. The minimum atomic E-state index is -0.375. The molecular formula is C18H16ClN5OS. The van der Waals surface area contributed by atoms with Gasteiger partial charge in [0, 0.05) is 16.6 Å². The Bertz CT molecular complexity index is 917. The average molecular weight is 386 g/mol. The van der Waals surface area contributed by atoms with E-state index in [1.807, 2.05) is 54.6 Å². The lowest BCUT2D eigenvalue weighted by atomic mass is 10.0. The Labute approximate surface area is 159 Å². The highest BCUT2D eigenvalue weighted by atomic mass is 35.5. The van der Waals surface area contributed by atoms with Gasteiger partial charge in [-0.2, -0.15) is 0 Å². The Morgan fingerprint density at radius 3 is 2.65 bits per heavy atom. The molecule has 8 heteroatoms. The topological polar surface area (TPSA) is 78.9 Å². The number of benzene rings is 2. The fraction of sp³-hybridized carbons (Fsp3) is 0.167. The summed E-state index contributed by atoms with van der Waals surface area (Å²) in [5, 5.41) is 13.0. The summed E-state index contributed by atoms with van der Waals surface area (Å²) in [6, 6.07) is 17.0. The van der Waals surface area contributed by atoms with Gasteiger partial charge in [0.25, 0.3) is 0 Å². The zero-order valence-electron chi connectivity index (χ0n) is 13.6. The van der Waals surface area contributed by atoms with Crippen molar-refractivity contribution in [3.63, 3.8) is 0 Å². The third-order valence-corrected chi connectivity index (χ3v) is 5.41. The van der Waals surface area contributed by atoms with Gasteiger partial charge in [-0.15, -0.1) is 10.2 Å². The van der Waals surface area contributed by atoms with E-state index >= 15 is 0 Å². The maximum atomic E-state index is 12.5. The summed E-state index contributed by atoms with van der Waals surface area (Å²) >= 11 is 7.59. The number of nitrogens with one attached hydrogen (secondary N) is 3. The molecule has 1 aromatic heterocycles. The number of halogens is 1. The first-order chi connectivity index (χ1) is 12.7. The molecule has 4 rings (SSSR count). The van der Waals surface area contributed by atoms with E-state index in [2.05, 4.69) is 26.4 Å². The highest BCUT2D eigenvalue weighted by molar-refractivity contribution is 7.18. The first kappa shape index (κ1) is 17.1. The molecule has 6 nitrogen and oxygen atoms in total. The Morgan fingerprint density at radius 2 is 1.85 bits per heavy atom. The van der Waals surface area contributed by atoms with Crippen molar-refractivity contribution in [2.75, 3.05) is 5.32 Å². The van der Waals surface area contributed by atoms with Gasteiger partial charge in [-0.1, -0.05) is 71.5 Å². The summed E-state index contributed by atoms with van der Waals surface area (Å²) < 4.78 is 0. The number of hydrogen-bond donors (Lipinski definition) is 3. The van der Waals surface area contributed by atoms with E-state index in [0.29, 0.717) is 16.6 Å². The molecule has 1 saturated heterocycles. The van der Waals surface area contributed by atoms with Crippen LogP contribution in [0.3, 0.4) is 0 Å².